The van der Waals surface area contributed by atoms with Crippen molar-refractivity contribution in [2.45, 2.75) is 19.3 Å². The monoisotopic (exact) mass is 279 g/mol. The van der Waals surface area contributed by atoms with E-state index in [4.69, 9.17) is 5.26 Å². The first-order valence-electron chi connectivity index (χ1n) is 7.12. The summed E-state index contributed by atoms with van der Waals surface area (Å²) in [6.07, 6.45) is 2.56. The van der Waals surface area contributed by atoms with Gasteiger partial charge in [0.15, 0.2) is 0 Å². The van der Waals surface area contributed by atoms with Crippen molar-refractivity contribution in [2.75, 3.05) is 13.1 Å². The van der Waals surface area contributed by atoms with E-state index in [0.717, 1.165) is 19.5 Å². The third kappa shape index (κ3) is 2.55. The van der Waals surface area contributed by atoms with Crippen LogP contribution in [0.5, 0.6) is 0 Å². The van der Waals surface area contributed by atoms with Crippen molar-refractivity contribution in [1.29, 1.82) is 5.26 Å². The van der Waals surface area contributed by atoms with Crippen LogP contribution in [0.3, 0.4) is 0 Å². The first kappa shape index (κ1) is 13.4. The number of benzene rings is 1. The number of amides is 1. The topological polar surface area (TPSA) is 59.9 Å². The fourth-order valence-corrected chi connectivity index (χ4v) is 3.00. The van der Waals surface area contributed by atoms with Gasteiger partial charge in [-0.1, -0.05) is 24.3 Å². The minimum Gasteiger partial charge on any atom is -0.356 e. The first-order valence-corrected chi connectivity index (χ1v) is 7.12. The minimum atomic E-state index is -0.0208. The predicted molar refractivity (Wildman–Crippen MR) is 79.9 cm³/mol. The lowest BCUT2D eigenvalue weighted by Gasteiger charge is -2.17. The second kappa shape index (κ2) is 5.45. The number of rotatable bonds is 2. The quantitative estimate of drug-likeness (QED) is 0.919. The number of carbonyl (C=O) groups is 1. The van der Waals surface area contributed by atoms with E-state index in [1.54, 1.807) is 12.3 Å². The van der Waals surface area contributed by atoms with E-state index in [-0.39, 0.29) is 5.91 Å². The van der Waals surface area contributed by atoms with Crippen LogP contribution in [-0.2, 0) is 0 Å². The minimum absolute atomic E-state index is 0.0208. The second-order valence-corrected chi connectivity index (χ2v) is 5.51. The van der Waals surface area contributed by atoms with E-state index in [0.29, 0.717) is 17.2 Å². The normalized spacial score (nSPS) is 17.7. The molecule has 0 saturated carbocycles. The van der Waals surface area contributed by atoms with Gasteiger partial charge in [0.05, 0.1) is 5.56 Å². The molecule has 0 spiro atoms. The third-order valence-corrected chi connectivity index (χ3v) is 4.15. The van der Waals surface area contributed by atoms with E-state index in [2.05, 4.69) is 30.1 Å². The maximum Gasteiger partial charge on any atom is 0.270 e. The summed E-state index contributed by atoms with van der Waals surface area (Å²) >= 11 is 0. The lowest BCUT2D eigenvalue weighted by atomic mass is 9.94. The molecule has 4 heteroatoms. The van der Waals surface area contributed by atoms with Gasteiger partial charge in [0.25, 0.3) is 5.91 Å². The molecule has 1 aliphatic heterocycles. The van der Waals surface area contributed by atoms with Crippen molar-refractivity contribution in [1.82, 2.24) is 9.88 Å². The van der Waals surface area contributed by atoms with Crippen molar-refractivity contribution in [2.24, 2.45) is 0 Å². The summed E-state index contributed by atoms with van der Waals surface area (Å²) in [6.45, 7) is 3.62. The van der Waals surface area contributed by atoms with Gasteiger partial charge in [-0.3, -0.25) is 4.79 Å². The molecule has 4 nitrogen and oxygen atoms in total. The maximum atomic E-state index is 12.4. The van der Waals surface area contributed by atoms with Gasteiger partial charge in [-0.15, -0.1) is 0 Å². The zero-order valence-corrected chi connectivity index (χ0v) is 12.0. The van der Waals surface area contributed by atoms with E-state index in [1.807, 2.05) is 17.0 Å². The summed E-state index contributed by atoms with van der Waals surface area (Å²) < 4.78 is 0. The lowest BCUT2D eigenvalue weighted by Crippen LogP contribution is -2.28. The van der Waals surface area contributed by atoms with Crippen molar-refractivity contribution in [3.63, 3.8) is 0 Å². The van der Waals surface area contributed by atoms with Crippen LogP contribution < -0.4 is 0 Å². The SMILES string of the molecule is Cc1ccccc1C1CCN(C(=O)c2cc(C#N)c[nH]2)C1. The lowest BCUT2D eigenvalue weighted by molar-refractivity contribution is 0.0785. The molecule has 1 saturated heterocycles. The zero-order valence-electron chi connectivity index (χ0n) is 12.0. The molecule has 1 aromatic heterocycles. The Hall–Kier alpha value is -2.54. The molecule has 0 aliphatic carbocycles. The third-order valence-electron chi connectivity index (χ3n) is 4.15. The molecule has 1 aliphatic rings. The molecule has 3 rings (SSSR count). The van der Waals surface area contributed by atoms with Crippen LogP contribution in [0.4, 0.5) is 0 Å². The van der Waals surface area contributed by atoms with Crippen LogP contribution in [0.2, 0.25) is 0 Å². The first-order chi connectivity index (χ1) is 10.2. The summed E-state index contributed by atoms with van der Waals surface area (Å²) in [5.41, 5.74) is 3.60. The van der Waals surface area contributed by atoms with E-state index < -0.39 is 0 Å². The summed E-state index contributed by atoms with van der Waals surface area (Å²) in [6, 6.07) is 12.0. The Labute approximate surface area is 124 Å². The van der Waals surface area contributed by atoms with Gasteiger partial charge < -0.3 is 9.88 Å². The smallest absolute Gasteiger partial charge is 0.270 e. The maximum absolute atomic E-state index is 12.4. The molecule has 2 heterocycles. The number of H-pyrrole nitrogens is 1. The predicted octanol–water partition coefficient (Wildman–Crippen LogP) is 2.82. The number of nitriles is 1. The highest BCUT2D eigenvalue weighted by atomic mass is 16.2. The average molecular weight is 279 g/mol. The van der Waals surface area contributed by atoms with Crippen LogP contribution in [0.1, 0.15) is 39.5 Å². The van der Waals surface area contributed by atoms with Gasteiger partial charge in [-0.05, 0) is 30.5 Å². The molecule has 2 aromatic rings. The Bertz CT molecular complexity index is 711. The Morgan fingerprint density at radius 1 is 1.43 bits per heavy atom. The van der Waals surface area contributed by atoms with Gasteiger partial charge in [-0.25, -0.2) is 0 Å². The van der Waals surface area contributed by atoms with Gasteiger partial charge >= 0.3 is 0 Å². The summed E-state index contributed by atoms with van der Waals surface area (Å²) in [7, 11) is 0. The number of nitrogens with one attached hydrogen (secondary N) is 1. The molecule has 1 fully saturated rings. The van der Waals surface area contributed by atoms with E-state index in [9.17, 15) is 4.79 Å². The standard InChI is InChI=1S/C17H17N3O/c1-12-4-2-3-5-15(12)14-6-7-20(11-14)17(21)16-8-13(9-18)10-19-16/h2-5,8,10,14,19H,6-7,11H2,1H3. The van der Waals surface area contributed by atoms with Crippen molar-refractivity contribution < 1.29 is 4.79 Å². The number of hydrogen-bond donors (Lipinski definition) is 1. The Balaban J connectivity index is 1.74. The van der Waals surface area contributed by atoms with Crippen LogP contribution in [-0.4, -0.2) is 28.9 Å². The number of likely N-dealkylation sites (tertiary alicyclic amines) is 1. The molecular weight excluding hydrogens is 262 g/mol. The van der Waals surface area contributed by atoms with Gasteiger partial charge in [-0.2, -0.15) is 5.26 Å². The largest absolute Gasteiger partial charge is 0.356 e. The Morgan fingerprint density at radius 3 is 2.95 bits per heavy atom. The summed E-state index contributed by atoms with van der Waals surface area (Å²) in [5.74, 6) is 0.383. The molecule has 0 bridgehead atoms. The fourth-order valence-electron chi connectivity index (χ4n) is 3.00. The molecule has 21 heavy (non-hydrogen) atoms. The number of aromatic nitrogens is 1. The molecule has 1 N–H and O–H groups in total. The van der Waals surface area contributed by atoms with E-state index in [1.165, 1.54) is 11.1 Å². The summed E-state index contributed by atoms with van der Waals surface area (Å²) in [5, 5.41) is 8.82. The van der Waals surface area contributed by atoms with Crippen LogP contribution >= 0.6 is 0 Å². The molecule has 1 atom stereocenters. The number of aromatic amines is 1. The second-order valence-electron chi connectivity index (χ2n) is 5.51. The van der Waals surface area contributed by atoms with Crippen LogP contribution in [0.15, 0.2) is 36.5 Å². The molecule has 1 unspecified atom stereocenters. The zero-order chi connectivity index (χ0) is 14.8. The molecule has 106 valence electrons. The Morgan fingerprint density at radius 2 is 2.24 bits per heavy atom. The van der Waals surface area contributed by atoms with Crippen molar-refractivity contribution in [3.05, 3.63) is 58.9 Å². The molecule has 1 amide bonds. The highest BCUT2D eigenvalue weighted by Crippen LogP contribution is 2.30. The molecular formula is C17H17N3O. The number of hydrogen-bond acceptors (Lipinski definition) is 2. The molecule has 1 aromatic carbocycles. The van der Waals surface area contributed by atoms with E-state index >= 15 is 0 Å². The number of nitrogens with zero attached hydrogens (tertiary/aromatic N) is 2. The van der Waals surface area contributed by atoms with Gasteiger partial charge in [0.2, 0.25) is 0 Å². The highest BCUT2D eigenvalue weighted by molar-refractivity contribution is 5.93. The number of aryl methyl sites for hydroxylation is 1. The molecule has 0 radical (unpaired) electrons. The average Bonchev–Trinajstić information content (AvgIpc) is 3.16. The van der Waals surface area contributed by atoms with Gasteiger partial charge in [0, 0.05) is 25.2 Å². The van der Waals surface area contributed by atoms with Crippen LogP contribution in [0.25, 0.3) is 0 Å². The Kier molecular flexibility index (Phi) is 3.49. The van der Waals surface area contributed by atoms with Crippen molar-refractivity contribution in [3.8, 4) is 6.07 Å². The van der Waals surface area contributed by atoms with Gasteiger partial charge in [0.1, 0.15) is 11.8 Å². The fraction of sp³-hybridized carbons (Fsp3) is 0.294. The summed E-state index contributed by atoms with van der Waals surface area (Å²) in [4.78, 5) is 17.2. The van der Waals surface area contributed by atoms with Crippen LogP contribution in [0, 0.1) is 18.3 Å². The number of carbonyl (C=O) groups excluding carboxylic acids is 1. The highest BCUT2D eigenvalue weighted by Gasteiger charge is 2.29. The van der Waals surface area contributed by atoms with Crippen molar-refractivity contribution >= 4 is 5.91 Å².